The zero-order chi connectivity index (χ0) is 17.6. The summed E-state index contributed by atoms with van der Waals surface area (Å²) in [5.41, 5.74) is 1.67. The van der Waals surface area contributed by atoms with Crippen LogP contribution in [0.3, 0.4) is 0 Å². The average molecular weight is 363 g/mol. The topological polar surface area (TPSA) is 54.3 Å². The van der Waals surface area contributed by atoms with Gasteiger partial charge in [-0.1, -0.05) is 56.2 Å². The molecule has 0 saturated heterocycles. The van der Waals surface area contributed by atoms with Crippen LogP contribution in [-0.2, 0) is 11.3 Å². The molecule has 1 amide bonds. The van der Waals surface area contributed by atoms with E-state index in [0.29, 0.717) is 23.9 Å². The smallest absolute Gasteiger partial charge is 0.224 e. The number of carbonyl (C=O) groups is 1. The number of amides is 1. The van der Waals surface area contributed by atoms with E-state index in [2.05, 4.69) is 5.32 Å². The van der Waals surface area contributed by atoms with E-state index in [4.69, 9.17) is 11.6 Å². The Morgan fingerprint density at radius 2 is 2.00 bits per heavy atom. The van der Waals surface area contributed by atoms with Crippen LogP contribution < -0.4 is 5.32 Å². The van der Waals surface area contributed by atoms with E-state index in [9.17, 15) is 9.90 Å². The summed E-state index contributed by atoms with van der Waals surface area (Å²) >= 11 is 6.35. The minimum Gasteiger partial charge on any atom is -0.395 e. The molecule has 1 heterocycles. The van der Waals surface area contributed by atoms with Crippen LogP contribution in [0.1, 0.15) is 51.4 Å². The quantitative estimate of drug-likeness (QED) is 0.712. The molecule has 1 fully saturated rings. The van der Waals surface area contributed by atoms with E-state index < -0.39 is 0 Å². The maximum atomic E-state index is 12.5. The van der Waals surface area contributed by atoms with E-state index in [-0.39, 0.29) is 12.5 Å². The number of benzene rings is 1. The number of aromatic nitrogens is 1. The lowest BCUT2D eigenvalue weighted by molar-refractivity contribution is -0.116. The van der Waals surface area contributed by atoms with Crippen molar-refractivity contribution < 1.29 is 9.90 Å². The normalized spacial score (nSPS) is 16.1. The van der Waals surface area contributed by atoms with Gasteiger partial charge in [0.15, 0.2) is 0 Å². The lowest BCUT2D eigenvalue weighted by Crippen LogP contribution is -2.13. The van der Waals surface area contributed by atoms with E-state index in [1.54, 1.807) is 0 Å². The molecule has 2 aromatic rings. The van der Waals surface area contributed by atoms with Crippen LogP contribution in [0.2, 0.25) is 5.02 Å². The Hall–Kier alpha value is -1.52. The first-order valence-electron chi connectivity index (χ1n) is 9.37. The van der Waals surface area contributed by atoms with Crippen LogP contribution in [0.25, 0.3) is 10.9 Å². The van der Waals surface area contributed by atoms with Crippen molar-refractivity contribution in [2.24, 2.45) is 5.92 Å². The number of aliphatic hydroxyl groups is 1. The highest BCUT2D eigenvalue weighted by Crippen LogP contribution is 2.33. The van der Waals surface area contributed by atoms with Gasteiger partial charge in [0.2, 0.25) is 5.91 Å². The standard InChI is InChI=1S/C20H27ClN2O2/c21-16-8-5-9-18-20(16)17(14-23(18)12-13-24)22-19(25)11-10-15-6-3-1-2-4-7-15/h5,8-9,14-15,24H,1-4,6-7,10-13H2,(H,22,25). The summed E-state index contributed by atoms with van der Waals surface area (Å²) < 4.78 is 1.93. The Bertz CT molecular complexity index is 718. The molecule has 25 heavy (non-hydrogen) atoms. The molecule has 1 aromatic heterocycles. The molecule has 0 aliphatic heterocycles. The van der Waals surface area contributed by atoms with E-state index in [0.717, 1.165) is 23.0 Å². The molecule has 136 valence electrons. The number of halogens is 1. The third-order valence-electron chi connectivity index (χ3n) is 5.22. The molecule has 0 unspecified atom stereocenters. The molecule has 0 bridgehead atoms. The second-order valence-electron chi connectivity index (χ2n) is 7.04. The number of carbonyl (C=O) groups excluding carboxylic acids is 1. The van der Waals surface area contributed by atoms with Crippen molar-refractivity contribution in [1.29, 1.82) is 0 Å². The van der Waals surface area contributed by atoms with Crippen molar-refractivity contribution in [3.63, 3.8) is 0 Å². The van der Waals surface area contributed by atoms with Gasteiger partial charge >= 0.3 is 0 Å². The Kier molecular flexibility index (Phi) is 6.38. The third kappa shape index (κ3) is 4.56. The number of nitrogens with one attached hydrogen (secondary N) is 1. The lowest BCUT2D eigenvalue weighted by Gasteiger charge is -2.13. The van der Waals surface area contributed by atoms with E-state index in [1.807, 2.05) is 29.0 Å². The van der Waals surface area contributed by atoms with Crippen molar-refractivity contribution in [2.75, 3.05) is 11.9 Å². The minimum atomic E-state index is 0.0470. The number of hydrogen-bond acceptors (Lipinski definition) is 2. The fourth-order valence-electron chi connectivity index (χ4n) is 3.90. The molecule has 4 nitrogen and oxygen atoms in total. The number of aliphatic hydroxyl groups excluding tert-OH is 1. The molecule has 0 spiro atoms. The third-order valence-corrected chi connectivity index (χ3v) is 5.54. The molecular formula is C20H27ClN2O2. The van der Waals surface area contributed by atoms with Crippen molar-refractivity contribution >= 4 is 34.1 Å². The SMILES string of the molecule is O=C(CCC1CCCCCC1)Nc1cn(CCO)c2cccc(Cl)c12. The molecule has 2 N–H and O–H groups in total. The van der Waals surface area contributed by atoms with Crippen LogP contribution in [0, 0.1) is 5.92 Å². The highest BCUT2D eigenvalue weighted by Gasteiger charge is 2.16. The van der Waals surface area contributed by atoms with Gasteiger partial charge in [-0.15, -0.1) is 0 Å². The molecule has 0 atom stereocenters. The Morgan fingerprint density at radius 1 is 1.24 bits per heavy atom. The van der Waals surface area contributed by atoms with Crippen LogP contribution in [-0.4, -0.2) is 22.2 Å². The Balaban J connectivity index is 1.68. The second kappa shape index (κ2) is 8.72. The summed E-state index contributed by atoms with van der Waals surface area (Å²) in [6.45, 7) is 0.528. The van der Waals surface area contributed by atoms with Crippen molar-refractivity contribution in [3.05, 3.63) is 29.4 Å². The maximum Gasteiger partial charge on any atom is 0.224 e. The lowest BCUT2D eigenvalue weighted by atomic mass is 9.95. The van der Waals surface area contributed by atoms with Crippen molar-refractivity contribution in [2.45, 2.75) is 57.9 Å². The molecular weight excluding hydrogens is 336 g/mol. The van der Waals surface area contributed by atoms with Gasteiger partial charge < -0.3 is 15.0 Å². The predicted molar refractivity (Wildman–Crippen MR) is 103 cm³/mol. The Morgan fingerprint density at radius 3 is 2.72 bits per heavy atom. The number of hydrogen-bond donors (Lipinski definition) is 2. The average Bonchev–Trinajstić information content (AvgIpc) is 2.78. The summed E-state index contributed by atoms with van der Waals surface area (Å²) in [6.07, 6.45) is 11.2. The van der Waals surface area contributed by atoms with Crippen LogP contribution >= 0.6 is 11.6 Å². The summed E-state index contributed by atoms with van der Waals surface area (Å²) in [5, 5.41) is 13.8. The van der Waals surface area contributed by atoms with Gasteiger partial charge in [0.1, 0.15) is 0 Å². The second-order valence-corrected chi connectivity index (χ2v) is 7.45. The fraction of sp³-hybridized carbons (Fsp3) is 0.550. The summed E-state index contributed by atoms with van der Waals surface area (Å²) in [5.74, 6) is 0.736. The van der Waals surface area contributed by atoms with Gasteiger partial charge in [-0.05, 0) is 24.5 Å². The van der Waals surface area contributed by atoms with Gasteiger partial charge in [-0.3, -0.25) is 4.79 Å². The first kappa shape index (κ1) is 18.3. The highest BCUT2D eigenvalue weighted by atomic mass is 35.5. The van der Waals surface area contributed by atoms with Crippen LogP contribution in [0.5, 0.6) is 0 Å². The highest BCUT2D eigenvalue weighted by molar-refractivity contribution is 6.36. The monoisotopic (exact) mass is 362 g/mol. The molecule has 1 aliphatic carbocycles. The molecule has 5 heteroatoms. The summed E-state index contributed by atoms with van der Waals surface area (Å²) in [6, 6.07) is 5.67. The summed E-state index contributed by atoms with van der Waals surface area (Å²) in [7, 11) is 0. The van der Waals surface area contributed by atoms with Gasteiger partial charge in [-0.2, -0.15) is 0 Å². The van der Waals surface area contributed by atoms with Gasteiger partial charge in [0.25, 0.3) is 0 Å². The first-order valence-corrected chi connectivity index (χ1v) is 9.75. The molecule has 1 aliphatic rings. The minimum absolute atomic E-state index is 0.0470. The first-order chi connectivity index (χ1) is 12.2. The summed E-state index contributed by atoms with van der Waals surface area (Å²) in [4.78, 5) is 12.5. The largest absolute Gasteiger partial charge is 0.395 e. The molecule has 1 aromatic carbocycles. The molecule has 3 rings (SSSR count). The van der Waals surface area contributed by atoms with E-state index in [1.165, 1.54) is 38.5 Å². The van der Waals surface area contributed by atoms with Gasteiger partial charge in [0.05, 0.1) is 22.8 Å². The zero-order valence-electron chi connectivity index (χ0n) is 14.6. The van der Waals surface area contributed by atoms with Crippen LogP contribution in [0.15, 0.2) is 24.4 Å². The zero-order valence-corrected chi connectivity index (χ0v) is 15.4. The maximum absolute atomic E-state index is 12.5. The van der Waals surface area contributed by atoms with Crippen LogP contribution in [0.4, 0.5) is 5.69 Å². The van der Waals surface area contributed by atoms with Gasteiger partial charge in [0, 0.05) is 24.5 Å². The predicted octanol–water partition coefficient (Wildman–Crippen LogP) is 4.98. The van der Waals surface area contributed by atoms with Gasteiger partial charge in [-0.25, -0.2) is 0 Å². The number of anilines is 1. The Labute approximate surface area is 154 Å². The number of fused-ring (bicyclic) bond motifs is 1. The fourth-order valence-corrected chi connectivity index (χ4v) is 4.17. The van der Waals surface area contributed by atoms with Crippen molar-refractivity contribution in [3.8, 4) is 0 Å². The molecule has 1 saturated carbocycles. The van der Waals surface area contributed by atoms with E-state index >= 15 is 0 Å². The number of rotatable bonds is 6. The van der Waals surface area contributed by atoms with Crippen molar-refractivity contribution in [1.82, 2.24) is 4.57 Å². The number of nitrogens with zero attached hydrogens (tertiary/aromatic N) is 1. The molecule has 0 radical (unpaired) electrons.